The molecular formula is C7H5O4P. The minimum absolute atomic E-state index is 0.171. The number of hydrogen-bond donors (Lipinski definition) is 1. The quantitative estimate of drug-likeness (QED) is 0.729. The number of carboxylic acids is 1. The van der Waals surface area contributed by atoms with Crippen LogP contribution in [0.4, 0.5) is 0 Å². The molecule has 5 heteroatoms. The summed E-state index contributed by atoms with van der Waals surface area (Å²) in [5.41, 5.74) is 0.171. The fraction of sp³-hybridized carbons (Fsp3) is 0. The van der Waals surface area contributed by atoms with Gasteiger partial charge in [-0.3, -0.25) is 0 Å². The van der Waals surface area contributed by atoms with Gasteiger partial charge in [-0.1, -0.05) is 0 Å². The first-order chi connectivity index (χ1) is 5.74. The third kappa shape index (κ3) is 2.04. The summed E-state index contributed by atoms with van der Waals surface area (Å²) in [5.74, 6) is -0.627. The van der Waals surface area contributed by atoms with Gasteiger partial charge in [-0.15, -0.1) is 0 Å². The zero-order valence-electron chi connectivity index (χ0n) is 5.93. The lowest BCUT2D eigenvalue weighted by molar-refractivity contribution is 0.0697. The third-order valence-corrected chi connectivity index (χ3v) is 1.53. The van der Waals surface area contributed by atoms with Crippen LogP contribution in [-0.2, 0) is 4.57 Å². The summed E-state index contributed by atoms with van der Waals surface area (Å²) in [4.78, 5) is 10.4. The van der Waals surface area contributed by atoms with E-state index in [9.17, 15) is 9.36 Å². The summed E-state index contributed by atoms with van der Waals surface area (Å²) in [6.45, 7) is 0. The molecule has 0 fully saturated rings. The highest BCUT2D eigenvalue weighted by Gasteiger charge is 2.01. The number of carboxylic acid groups (broad SMARTS) is 1. The highest BCUT2D eigenvalue weighted by molar-refractivity contribution is 7.17. The monoisotopic (exact) mass is 184 g/mol. The lowest BCUT2D eigenvalue weighted by atomic mass is 10.2. The van der Waals surface area contributed by atoms with Crippen LogP contribution in [0.25, 0.3) is 0 Å². The van der Waals surface area contributed by atoms with Crippen LogP contribution in [0, 0.1) is 0 Å². The molecule has 0 aliphatic carbocycles. The van der Waals surface area contributed by atoms with Gasteiger partial charge in [0.1, 0.15) is 5.75 Å². The van der Waals surface area contributed by atoms with Crippen molar-refractivity contribution in [2.45, 2.75) is 0 Å². The zero-order valence-corrected chi connectivity index (χ0v) is 6.82. The van der Waals surface area contributed by atoms with Crippen molar-refractivity contribution in [2.75, 3.05) is 0 Å². The molecule has 62 valence electrons. The van der Waals surface area contributed by atoms with Gasteiger partial charge in [0, 0.05) is 0 Å². The average Bonchev–Trinajstić information content (AvgIpc) is 2.06. The van der Waals surface area contributed by atoms with Crippen molar-refractivity contribution in [1.82, 2.24) is 0 Å². The van der Waals surface area contributed by atoms with Crippen LogP contribution in [0.1, 0.15) is 10.4 Å². The van der Waals surface area contributed by atoms with Crippen molar-refractivity contribution in [3.8, 4) is 5.75 Å². The van der Waals surface area contributed by atoms with Crippen LogP contribution in [0.15, 0.2) is 24.3 Å². The maximum atomic E-state index is 10.4. The van der Waals surface area contributed by atoms with E-state index in [0.29, 0.717) is 5.75 Å². The Balaban J connectivity index is 2.85. The molecular weight excluding hydrogens is 179 g/mol. The number of aromatic carboxylic acids is 1. The molecule has 0 unspecified atom stereocenters. The van der Waals surface area contributed by atoms with Gasteiger partial charge in [0.2, 0.25) is 0 Å². The zero-order chi connectivity index (χ0) is 8.97. The molecule has 0 atom stereocenters. The first-order valence-electron chi connectivity index (χ1n) is 3.07. The Bertz CT molecular complexity index is 293. The molecule has 12 heavy (non-hydrogen) atoms. The molecule has 0 aliphatic heterocycles. The summed E-state index contributed by atoms with van der Waals surface area (Å²) in [7, 11) is -0.450. The summed E-state index contributed by atoms with van der Waals surface area (Å²) in [5, 5.41) is 8.50. The number of hydrogen-bond acceptors (Lipinski definition) is 3. The molecule has 0 radical (unpaired) electrons. The maximum absolute atomic E-state index is 10.4. The topological polar surface area (TPSA) is 63.6 Å². The molecule has 0 saturated heterocycles. The molecule has 1 N–H and O–H groups in total. The summed E-state index contributed by atoms with van der Waals surface area (Å²) in [6, 6.07) is 5.63. The largest absolute Gasteiger partial charge is 0.478 e. The number of rotatable bonds is 3. The van der Waals surface area contributed by atoms with Gasteiger partial charge in [-0.05, 0) is 24.3 Å². The Morgan fingerprint density at radius 1 is 1.33 bits per heavy atom. The second kappa shape index (κ2) is 3.83. The minimum Gasteiger partial charge on any atom is -0.478 e. The van der Waals surface area contributed by atoms with Crippen LogP contribution in [0.3, 0.4) is 0 Å². The lowest BCUT2D eigenvalue weighted by Crippen LogP contribution is -1.94. The minimum atomic E-state index is -0.999. The molecule has 0 aromatic heterocycles. The first kappa shape index (κ1) is 8.68. The van der Waals surface area contributed by atoms with E-state index in [2.05, 4.69) is 4.52 Å². The van der Waals surface area contributed by atoms with E-state index in [-0.39, 0.29) is 5.56 Å². The van der Waals surface area contributed by atoms with Crippen LogP contribution >= 0.6 is 8.69 Å². The van der Waals surface area contributed by atoms with Gasteiger partial charge in [0.15, 0.2) is 0 Å². The highest BCUT2D eigenvalue weighted by atomic mass is 31.1. The van der Waals surface area contributed by atoms with Gasteiger partial charge in [0.05, 0.1) is 5.56 Å². The van der Waals surface area contributed by atoms with Crippen molar-refractivity contribution in [1.29, 1.82) is 0 Å². The molecule has 0 heterocycles. The summed E-state index contributed by atoms with van der Waals surface area (Å²) in [6.07, 6.45) is 0. The second-order valence-electron chi connectivity index (χ2n) is 2.00. The van der Waals surface area contributed by atoms with Crippen molar-refractivity contribution < 1.29 is 19.0 Å². The van der Waals surface area contributed by atoms with E-state index >= 15 is 0 Å². The average molecular weight is 184 g/mol. The molecule has 0 spiro atoms. The predicted molar refractivity (Wildman–Crippen MR) is 41.6 cm³/mol. The molecule has 0 bridgehead atoms. The molecule has 0 amide bonds. The Morgan fingerprint density at radius 2 is 1.92 bits per heavy atom. The Kier molecular flexibility index (Phi) is 2.77. The van der Waals surface area contributed by atoms with Crippen LogP contribution in [0.5, 0.6) is 5.75 Å². The normalized spacial score (nSPS) is 9.67. The van der Waals surface area contributed by atoms with Crippen LogP contribution < -0.4 is 4.52 Å². The summed E-state index contributed by atoms with van der Waals surface area (Å²) < 4.78 is 14.5. The summed E-state index contributed by atoms with van der Waals surface area (Å²) >= 11 is 0. The Labute approximate surface area is 70.1 Å². The van der Waals surface area contributed by atoms with Gasteiger partial charge >= 0.3 is 14.7 Å². The fourth-order valence-corrected chi connectivity index (χ4v) is 0.909. The molecule has 0 saturated carbocycles. The van der Waals surface area contributed by atoms with E-state index in [4.69, 9.17) is 5.11 Å². The van der Waals surface area contributed by atoms with E-state index in [1.807, 2.05) is 0 Å². The number of carbonyl (C=O) groups is 1. The number of benzene rings is 1. The standard InChI is InChI=1S/C7H5O4P/c8-7(9)5-1-3-6(4-2-5)11-12-10/h1-4H,(H,8,9). The van der Waals surface area contributed by atoms with Crippen molar-refractivity contribution in [3.05, 3.63) is 29.8 Å². The molecule has 1 aromatic carbocycles. The third-order valence-electron chi connectivity index (χ3n) is 1.24. The fourth-order valence-electron chi connectivity index (χ4n) is 0.701. The van der Waals surface area contributed by atoms with Gasteiger partial charge < -0.3 is 9.63 Å². The lowest BCUT2D eigenvalue weighted by Gasteiger charge is -1.96. The Morgan fingerprint density at radius 3 is 2.33 bits per heavy atom. The van der Waals surface area contributed by atoms with E-state index in [1.165, 1.54) is 24.3 Å². The molecule has 0 aliphatic rings. The van der Waals surface area contributed by atoms with Gasteiger partial charge in [-0.25, -0.2) is 9.36 Å². The van der Waals surface area contributed by atoms with Crippen LogP contribution in [0.2, 0.25) is 0 Å². The van der Waals surface area contributed by atoms with Crippen molar-refractivity contribution in [3.63, 3.8) is 0 Å². The Hall–Kier alpha value is -1.41. The van der Waals surface area contributed by atoms with E-state index in [0.717, 1.165) is 0 Å². The second-order valence-corrected chi connectivity index (χ2v) is 2.33. The molecule has 1 aromatic rings. The molecule has 4 nitrogen and oxygen atoms in total. The first-order valence-corrected chi connectivity index (χ1v) is 3.80. The van der Waals surface area contributed by atoms with E-state index in [1.54, 1.807) is 0 Å². The maximum Gasteiger partial charge on any atom is 0.395 e. The van der Waals surface area contributed by atoms with Crippen LogP contribution in [-0.4, -0.2) is 11.1 Å². The van der Waals surface area contributed by atoms with E-state index < -0.39 is 14.7 Å². The van der Waals surface area contributed by atoms with Crippen molar-refractivity contribution in [2.24, 2.45) is 0 Å². The van der Waals surface area contributed by atoms with Crippen molar-refractivity contribution >= 4 is 14.7 Å². The van der Waals surface area contributed by atoms with Gasteiger partial charge in [0.25, 0.3) is 0 Å². The SMILES string of the molecule is O=POc1ccc(C(=O)O)cc1. The highest BCUT2D eigenvalue weighted by Crippen LogP contribution is 2.15. The predicted octanol–water partition coefficient (Wildman–Crippen LogP) is 1.97. The smallest absolute Gasteiger partial charge is 0.395 e. The molecule has 1 rings (SSSR count). The van der Waals surface area contributed by atoms with Gasteiger partial charge in [-0.2, -0.15) is 0 Å².